The van der Waals surface area contributed by atoms with Gasteiger partial charge in [-0.05, 0) is 12.1 Å². The number of alkyl halides is 3. The summed E-state index contributed by atoms with van der Waals surface area (Å²) in [4.78, 5) is 22.5. The lowest BCUT2D eigenvalue weighted by atomic mass is 10.0. The molecule has 5 heteroatoms. The fraction of sp³-hybridized carbons (Fsp3) is 0.333. The van der Waals surface area contributed by atoms with E-state index in [1.807, 2.05) is 0 Å². The van der Waals surface area contributed by atoms with Gasteiger partial charge in [-0.2, -0.15) is 13.2 Å². The largest absolute Gasteiger partial charge is 0.416 e. The molecule has 0 atom stereocenters. The number of carbonyl (C=O) groups is 2. The van der Waals surface area contributed by atoms with Gasteiger partial charge >= 0.3 is 6.18 Å². The molecule has 0 aliphatic rings. The van der Waals surface area contributed by atoms with Crippen molar-refractivity contribution >= 4 is 11.6 Å². The van der Waals surface area contributed by atoms with Gasteiger partial charge in [0.15, 0.2) is 5.78 Å². The van der Waals surface area contributed by atoms with Crippen LogP contribution in [0.1, 0.15) is 35.7 Å². The van der Waals surface area contributed by atoms with Gasteiger partial charge < -0.3 is 0 Å². The average Bonchev–Trinajstić information content (AvgIpc) is 2.27. The molecule has 0 aliphatic heterocycles. The monoisotopic (exact) mass is 244 g/mol. The number of benzene rings is 1. The van der Waals surface area contributed by atoms with E-state index in [4.69, 9.17) is 0 Å². The summed E-state index contributed by atoms with van der Waals surface area (Å²) in [5, 5.41) is 0. The molecule has 0 N–H and O–H groups in total. The second-order valence-corrected chi connectivity index (χ2v) is 3.57. The van der Waals surface area contributed by atoms with E-state index in [-0.39, 0.29) is 24.2 Å². The molecule has 1 aromatic carbocycles. The molecular formula is C12H11F3O2. The van der Waals surface area contributed by atoms with Crippen molar-refractivity contribution in [3.8, 4) is 0 Å². The normalized spacial score (nSPS) is 11.3. The summed E-state index contributed by atoms with van der Waals surface area (Å²) in [5.41, 5.74) is -0.685. The third-order valence-electron chi connectivity index (χ3n) is 2.29. The molecule has 0 saturated carbocycles. The molecular weight excluding hydrogens is 233 g/mol. The van der Waals surface area contributed by atoms with Crippen molar-refractivity contribution in [2.24, 2.45) is 0 Å². The van der Waals surface area contributed by atoms with Crippen molar-refractivity contribution in [2.45, 2.75) is 25.9 Å². The molecule has 0 aromatic heterocycles. The number of hydrogen-bond donors (Lipinski definition) is 0. The number of rotatable bonds is 4. The van der Waals surface area contributed by atoms with Crippen LogP contribution in [0.25, 0.3) is 0 Å². The summed E-state index contributed by atoms with van der Waals surface area (Å²) in [6.07, 6.45) is -4.44. The highest BCUT2D eigenvalue weighted by atomic mass is 19.4. The zero-order chi connectivity index (χ0) is 13.1. The fourth-order valence-electron chi connectivity index (χ4n) is 1.25. The molecule has 0 bridgehead atoms. The number of ketones is 2. The minimum atomic E-state index is -4.42. The summed E-state index contributed by atoms with van der Waals surface area (Å²) in [6.45, 7) is 1.63. The third kappa shape index (κ3) is 3.69. The van der Waals surface area contributed by atoms with Crippen LogP contribution in [0.5, 0.6) is 0 Å². The van der Waals surface area contributed by atoms with Crippen LogP contribution in [0.15, 0.2) is 24.3 Å². The Hall–Kier alpha value is -1.65. The zero-order valence-electron chi connectivity index (χ0n) is 9.17. The van der Waals surface area contributed by atoms with Gasteiger partial charge in [0.05, 0.1) is 12.0 Å². The van der Waals surface area contributed by atoms with Gasteiger partial charge in [-0.1, -0.05) is 19.1 Å². The summed E-state index contributed by atoms with van der Waals surface area (Å²) in [5.74, 6) is -0.680. The van der Waals surface area contributed by atoms with Gasteiger partial charge in [-0.15, -0.1) is 0 Å². The van der Waals surface area contributed by atoms with Gasteiger partial charge in [0.1, 0.15) is 5.78 Å². The van der Waals surface area contributed by atoms with E-state index in [1.165, 1.54) is 0 Å². The summed E-state index contributed by atoms with van der Waals surface area (Å²) in [7, 11) is 0. The van der Waals surface area contributed by atoms with Gasteiger partial charge in [0.2, 0.25) is 0 Å². The first-order valence-electron chi connectivity index (χ1n) is 5.06. The van der Waals surface area contributed by atoms with E-state index in [2.05, 4.69) is 0 Å². The number of carbonyl (C=O) groups excluding carboxylic acids is 2. The lowest BCUT2D eigenvalue weighted by molar-refractivity contribution is -0.137. The lowest BCUT2D eigenvalue weighted by Gasteiger charge is -2.06. The van der Waals surface area contributed by atoms with Crippen LogP contribution in [0.4, 0.5) is 13.2 Å². The highest BCUT2D eigenvalue weighted by molar-refractivity contribution is 6.07. The molecule has 0 amide bonds. The Bertz CT molecular complexity index is 418. The molecule has 1 rings (SSSR count). The number of Topliss-reactive ketones (excluding diaryl/α,β-unsaturated/α-hetero) is 2. The summed E-state index contributed by atoms with van der Waals surface area (Å²) < 4.78 is 36.7. The minimum Gasteiger partial charge on any atom is -0.299 e. The molecule has 17 heavy (non-hydrogen) atoms. The Morgan fingerprint density at radius 3 is 2.06 bits per heavy atom. The molecule has 0 heterocycles. The Morgan fingerprint density at radius 2 is 1.65 bits per heavy atom. The second-order valence-electron chi connectivity index (χ2n) is 3.57. The molecule has 0 spiro atoms. The highest BCUT2D eigenvalue weighted by Crippen LogP contribution is 2.29. The quantitative estimate of drug-likeness (QED) is 0.601. The molecule has 92 valence electrons. The highest BCUT2D eigenvalue weighted by Gasteiger charge is 2.30. The number of halogens is 3. The van der Waals surface area contributed by atoms with E-state index < -0.39 is 17.5 Å². The molecule has 0 radical (unpaired) electrons. The maximum atomic E-state index is 12.2. The third-order valence-corrected chi connectivity index (χ3v) is 2.29. The molecule has 0 unspecified atom stereocenters. The van der Waals surface area contributed by atoms with Crippen molar-refractivity contribution in [3.63, 3.8) is 0 Å². The maximum absolute atomic E-state index is 12.2. The van der Waals surface area contributed by atoms with E-state index >= 15 is 0 Å². The Balaban J connectivity index is 2.81. The van der Waals surface area contributed by atoms with Gasteiger partial charge in [-0.25, -0.2) is 0 Å². The van der Waals surface area contributed by atoms with E-state index in [0.717, 1.165) is 24.3 Å². The molecule has 0 saturated heterocycles. The Labute approximate surface area is 96.4 Å². The van der Waals surface area contributed by atoms with Crippen LogP contribution in [0.2, 0.25) is 0 Å². The van der Waals surface area contributed by atoms with Crippen molar-refractivity contribution in [1.82, 2.24) is 0 Å². The Kier molecular flexibility index (Phi) is 4.04. The first-order valence-corrected chi connectivity index (χ1v) is 5.06. The van der Waals surface area contributed by atoms with Crippen LogP contribution in [0, 0.1) is 0 Å². The predicted octanol–water partition coefficient (Wildman–Crippen LogP) is 3.26. The van der Waals surface area contributed by atoms with Crippen molar-refractivity contribution in [3.05, 3.63) is 35.4 Å². The first kappa shape index (κ1) is 13.4. The summed E-state index contributed by atoms with van der Waals surface area (Å²) >= 11 is 0. The van der Waals surface area contributed by atoms with Crippen LogP contribution >= 0.6 is 0 Å². The molecule has 1 aromatic rings. The lowest BCUT2D eigenvalue weighted by Crippen LogP contribution is -2.09. The predicted molar refractivity (Wildman–Crippen MR) is 55.7 cm³/mol. The van der Waals surface area contributed by atoms with Crippen molar-refractivity contribution in [2.75, 3.05) is 0 Å². The molecule has 0 aliphatic carbocycles. The van der Waals surface area contributed by atoms with Crippen LogP contribution in [-0.4, -0.2) is 11.6 Å². The van der Waals surface area contributed by atoms with E-state index in [0.29, 0.717) is 0 Å². The minimum absolute atomic E-state index is 0.125. The van der Waals surface area contributed by atoms with E-state index in [9.17, 15) is 22.8 Å². The smallest absolute Gasteiger partial charge is 0.299 e. The van der Waals surface area contributed by atoms with Crippen molar-refractivity contribution in [1.29, 1.82) is 0 Å². The number of hydrogen-bond acceptors (Lipinski definition) is 2. The van der Waals surface area contributed by atoms with Gasteiger partial charge in [-0.3, -0.25) is 9.59 Å². The SMILES string of the molecule is CCC(=O)CC(=O)c1ccc(C(F)(F)F)cc1. The summed E-state index contributed by atoms with van der Waals surface area (Å²) in [6, 6.07) is 3.86. The van der Waals surface area contributed by atoms with Crippen LogP contribution in [0.3, 0.4) is 0 Å². The van der Waals surface area contributed by atoms with Crippen LogP contribution in [-0.2, 0) is 11.0 Å². The van der Waals surface area contributed by atoms with Gasteiger partial charge in [0.25, 0.3) is 0 Å². The van der Waals surface area contributed by atoms with Gasteiger partial charge in [0, 0.05) is 12.0 Å². The standard InChI is InChI=1S/C12H11F3O2/c1-2-10(16)7-11(17)8-3-5-9(6-4-8)12(13,14)15/h3-6H,2,7H2,1H3. The van der Waals surface area contributed by atoms with Crippen molar-refractivity contribution < 1.29 is 22.8 Å². The first-order chi connectivity index (χ1) is 7.84. The Morgan fingerprint density at radius 1 is 1.12 bits per heavy atom. The second kappa shape index (κ2) is 5.12. The van der Waals surface area contributed by atoms with E-state index in [1.54, 1.807) is 6.92 Å². The average molecular weight is 244 g/mol. The maximum Gasteiger partial charge on any atom is 0.416 e. The van der Waals surface area contributed by atoms with Crippen LogP contribution < -0.4 is 0 Å². The fourth-order valence-corrected chi connectivity index (χ4v) is 1.25. The molecule has 0 fully saturated rings. The topological polar surface area (TPSA) is 34.1 Å². The zero-order valence-corrected chi connectivity index (χ0v) is 9.17. The molecule has 2 nitrogen and oxygen atoms in total.